The third-order valence-corrected chi connectivity index (χ3v) is 6.75. The Morgan fingerprint density at radius 1 is 1.00 bits per heavy atom. The maximum atomic E-state index is 3.97. The molecule has 0 aromatic heterocycles. The number of hydrogen-bond donors (Lipinski definition) is 1. The van der Waals surface area contributed by atoms with Crippen LogP contribution in [0.25, 0.3) is 0 Å². The quantitative estimate of drug-likeness (QED) is 0.778. The van der Waals surface area contributed by atoms with Gasteiger partial charge in [0, 0.05) is 6.04 Å². The van der Waals surface area contributed by atoms with Crippen molar-refractivity contribution in [1.29, 1.82) is 0 Å². The summed E-state index contributed by atoms with van der Waals surface area (Å²) >= 11 is 0. The van der Waals surface area contributed by atoms with Crippen LogP contribution in [-0.4, -0.2) is 12.6 Å². The fourth-order valence-electron chi connectivity index (χ4n) is 6.12. The molecule has 0 radical (unpaired) electrons. The van der Waals surface area contributed by atoms with E-state index in [2.05, 4.69) is 12.2 Å². The van der Waals surface area contributed by atoms with Gasteiger partial charge in [-0.05, 0) is 80.6 Å². The lowest BCUT2D eigenvalue weighted by Gasteiger charge is -2.27. The van der Waals surface area contributed by atoms with E-state index in [-0.39, 0.29) is 0 Å². The van der Waals surface area contributed by atoms with Gasteiger partial charge in [-0.25, -0.2) is 0 Å². The highest BCUT2D eigenvalue weighted by Gasteiger charge is 2.67. The van der Waals surface area contributed by atoms with E-state index in [0.29, 0.717) is 0 Å². The van der Waals surface area contributed by atoms with E-state index in [1.165, 1.54) is 50.5 Å². The normalized spacial score (nSPS) is 47.5. The molecule has 0 spiro atoms. The van der Waals surface area contributed by atoms with Crippen LogP contribution in [0, 0.1) is 35.5 Å². The summed E-state index contributed by atoms with van der Waals surface area (Å²) in [6.07, 6.45) is 12.1. The Balaban J connectivity index is 1.46. The van der Waals surface area contributed by atoms with Crippen molar-refractivity contribution in [3.63, 3.8) is 0 Å². The van der Waals surface area contributed by atoms with E-state index < -0.39 is 0 Å². The molecule has 0 saturated heterocycles. The molecule has 4 saturated carbocycles. The first-order valence-electron chi connectivity index (χ1n) is 8.63. The van der Waals surface area contributed by atoms with Gasteiger partial charge in [-0.2, -0.15) is 0 Å². The predicted molar refractivity (Wildman–Crippen MR) is 75.3 cm³/mol. The maximum absolute atomic E-state index is 3.97. The minimum atomic E-state index is 0.908. The van der Waals surface area contributed by atoms with E-state index in [1.54, 1.807) is 19.3 Å². The topological polar surface area (TPSA) is 12.0 Å². The van der Waals surface area contributed by atoms with Gasteiger partial charge in [-0.3, -0.25) is 0 Å². The number of nitrogens with one attached hydrogen (secondary N) is 1. The van der Waals surface area contributed by atoms with Gasteiger partial charge in [0.15, 0.2) is 0 Å². The van der Waals surface area contributed by atoms with E-state index >= 15 is 0 Å². The van der Waals surface area contributed by atoms with Gasteiger partial charge in [0.2, 0.25) is 0 Å². The first-order valence-corrected chi connectivity index (χ1v) is 8.63. The summed E-state index contributed by atoms with van der Waals surface area (Å²) in [5.74, 6) is 6.77. The second-order valence-electron chi connectivity index (χ2n) is 7.59. The van der Waals surface area contributed by atoms with Gasteiger partial charge in [-0.1, -0.05) is 19.8 Å². The lowest BCUT2D eigenvalue weighted by molar-refractivity contribution is 0.277. The predicted octanol–water partition coefficient (Wildman–Crippen LogP) is 3.84. The van der Waals surface area contributed by atoms with E-state index in [9.17, 15) is 0 Å². The number of hydrogen-bond acceptors (Lipinski definition) is 1. The summed E-state index contributed by atoms with van der Waals surface area (Å²) in [6, 6.07) is 0.908. The second-order valence-corrected chi connectivity index (χ2v) is 7.59. The molecule has 4 rings (SSSR count). The molecule has 0 aromatic carbocycles. The fourth-order valence-corrected chi connectivity index (χ4v) is 6.12. The largest absolute Gasteiger partial charge is 0.313 e. The molecule has 5 unspecified atom stereocenters. The van der Waals surface area contributed by atoms with Crippen molar-refractivity contribution in [3.8, 4) is 0 Å². The van der Waals surface area contributed by atoms with Gasteiger partial charge < -0.3 is 5.32 Å². The molecule has 18 heavy (non-hydrogen) atoms. The molecule has 1 nitrogen and oxygen atoms in total. The Bertz CT molecular complexity index is 291. The third-order valence-electron chi connectivity index (χ3n) is 6.75. The summed E-state index contributed by atoms with van der Waals surface area (Å²) in [7, 11) is 0. The smallest absolute Gasteiger partial charge is 0.0129 e. The highest BCUT2D eigenvalue weighted by Crippen LogP contribution is 2.71. The average molecular weight is 247 g/mol. The first-order chi connectivity index (χ1) is 8.90. The van der Waals surface area contributed by atoms with Gasteiger partial charge in [-0.15, -0.1) is 0 Å². The van der Waals surface area contributed by atoms with Gasteiger partial charge in [0.25, 0.3) is 0 Å². The Morgan fingerprint density at radius 2 is 1.67 bits per heavy atom. The van der Waals surface area contributed by atoms with Gasteiger partial charge >= 0.3 is 0 Å². The van der Waals surface area contributed by atoms with Crippen LogP contribution in [-0.2, 0) is 0 Å². The standard InChI is InChI=1S/C17H29N/c1-2-9-18-17(11-5-3-4-6-11)16-14-12-7-8-13(10-12)15(14)16/h11-18H,2-10H2,1H3. The first kappa shape index (κ1) is 11.8. The van der Waals surface area contributed by atoms with E-state index in [1.807, 2.05) is 0 Å². The van der Waals surface area contributed by atoms with Gasteiger partial charge in [0.05, 0.1) is 0 Å². The maximum Gasteiger partial charge on any atom is 0.0129 e. The summed E-state index contributed by atoms with van der Waals surface area (Å²) in [5.41, 5.74) is 0. The molecule has 4 aliphatic carbocycles. The fraction of sp³-hybridized carbons (Fsp3) is 1.00. The molecule has 4 fully saturated rings. The Kier molecular flexibility index (Phi) is 2.94. The van der Waals surface area contributed by atoms with Crippen LogP contribution in [0.3, 0.4) is 0 Å². The summed E-state index contributed by atoms with van der Waals surface area (Å²) in [6.45, 7) is 3.57. The van der Waals surface area contributed by atoms with Crippen LogP contribution in [0.2, 0.25) is 0 Å². The molecule has 1 heteroatoms. The zero-order valence-corrected chi connectivity index (χ0v) is 11.9. The molecule has 0 heterocycles. The van der Waals surface area contributed by atoms with Crippen molar-refractivity contribution >= 4 is 0 Å². The summed E-state index contributed by atoms with van der Waals surface area (Å²) < 4.78 is 0. The molecule has 4 aliphatic rings. The highest BCUT2D eigenvalue weighted by atomic mass is 15.0. The van der Waals surface area contributed by atoms with Crippen LogP contribution < -0.4 is 5.32 Å². The molecule has 0 amide bonds. The van der Waals surface area contributed by atoms with E-state index in [0.717, 1.165) is 29.7 Å². The van der Waals surface area contributed by atoms with Crippen LogP contribution in [0.4, 0.5) is 0 Å². The monoisotopic (exact) mass is 247 g/mol. The lowest BCUT2D eigenvalue weighted by atomic mass is 9.88. The van der Waals surface area contributed by atoms with Crippen molar-refractivity contribution in [2.75, 3.05) is 6.54 Å². The molecular formula is C17H29N. The SMILES string of the molecule is CCCNC(C1CCCC1)C1C2C3CCC(C3)C21. The minimum absolute atomic E-state index is 0.908. The average Bonchev–Trinajstić information content (AvgIpc) is 2.85. The van der Waals surface area contributed by atoms with Crippen LogP contribution in [0.1, 0.15) is 58.3 Å². The second kappa shape index (κ2) is 4.51. The van der Waals surface area contributed by atoms with E-state index in [4.69, 9.17) is 0 Å². The molecule has 1 N–H and O–H groups in total. The lowest BCUT2D eigenvalue weighted by Crippen LogP contribution is -2.39. The van der Waals surface area contributed by atoms with Crippen LogP contribution >= 0.6 is 0 Å². The zero-order valence-electron chi connectivity index (χ0n) is 11.9. The Labute approximate surface area is 112 Å². The number of fused-ring (bicyclic) bond motifs is 5. The summed E-state index contributed by atoms with van der Waals surface area (Å²) in [5, 5.41) is 3.97. The van der Waals surface area contributed by atoms with Crippen molar-refractivity contribution < 1.29 is 0 Å². The molecule has 0 aromatic rings. The van der Waals surface area contributed by atoms with Crippen LogP contribution in [0.15, 0.2) is 0 Å². The van der Waals surface area contributed by atoms with Gasteiger partial charge in [0.1, 0.15) is 0 Å². The van der Waals surface area contributed by atoms with Crippen molar-refractivity contribution in [3.05, 3.63) is 0 Å². The van der Waals surface area contributed by atoms with Crippen LogP contribution in [0.5, 0.6) is 0 Å². The van der Waals surface area contributed by atoms with Crippen molar-refractivity contribution in [2.24, 2.45) is 35.5 Å². The molecule has 102 valence electrons. The van der Waals surface area contributed by atoms with Crippen molar-refractivity contribution in [2.45, 2.75) is 64.3 Å². The molecule has 0 aliphatic heterocycles. The Hall–Kier alpha value is -0.0400. The molecule has 5 atom stereocenters. The number of rotatable bonds is 5. The zero-order chi connectivity index (χ0) is 12.1. The third kappa shape index (κ3) is 1.69. The summed E-state index contributed by atoms with van der Waals surface area (Å²) in [4.78, 5) is 0. The van der Waals surface area contributed by atoms with Crippen molar-refractivity contribution in [1.82, 2.24) is 5.32 Å². The minimum Gasteiger partial charge on any atom is -0.313 e. The Morgan fingerprint density at radius 3 is 2.28 bits per heavy atom. The molecule has 2 bridgehead atoms. The molecular weight excluding hydrogens is 218 g/mol. The highest BCUT2D eigenvalue weighted by molar-refractivity contribution is 5.16.